The fourth-order valence-electron chi connectivity index (χ4n) is 2.16. The number of amides is 1. The highest BCUT2D eigenvalue weighted by molar-refractivity contribution is 7.21. The second-order valence-corrected chi connectivity index (χ2v) is 5.97. The Morgan fingerprint density at radius 1 is 1.13 bits per heavy atom. The number of aromatic nitrogens is 1. The molecule has 23 heavy (non-hydrogen) atoms. The maximum Gasteiger partial charge on any atom is 0.248 e. The zero-order valence-electron chi connectivity index (χ0n) is 12.7. The lowest BCUT2D eigenvalue weighted by Crippen LogP contribution is -2.07. The first kappa shape index (κ1) is 15.2. The Bertz CT molecular complexity index is 860. The molecule has 0 aliphatic heterocycles. The summed E-state index contributed by atoms with van der Waals surface area (Å²) in [6.07, 6.45) is 6.91. The Hall–Kier alpha value is -2.72. The lowest BCUT2D eigenvalue weighted by Gasteiger charge is -2.03. The topological polar surface area (TPSA) is 42.0 Å². The highest BCUT2D eigenvalue weighted by atomic mass is 32.1. The van der Waals surface area contributed by atoms with Crippen LogP contribution in [0.5, 0.6) is 0 Å². The number of para-hydroxylation sites is 1. The van der Waals surface area contributed by atoms with E-state index in [1.807, 2.05) is 61.5 Å². The number of hydrogen-bond acceptors (Lipinski definition) is 3. The molecule has 1 amide bonds. The van der Waals surface area contributed by atoms with Crippen LogP contribution in [0.25, 0.3) is 20.8 Å². The maximum absolute atomic E-state index is 11.8. The summed E-state index contributed by atoms with van der Waals surface area (Å²) in [6.45, 7) is 1.91. The number of carbonyl (C=O) groups excluding carboxylic acids is 1. The minimum Gasteiger partial charge on any atom is -0.322 e. The molecule has 0 aliphatic carbocycles. The van der Waals surface area contributed by atoms with E-state index < -0.39 is 0 Å². The van der Waals surface area contributed by atoms with Gasteiger partial charge in [0.15, 0.2) is 0 Å². The highest BCUT2D eigenvalue weighted by Crippen LogP contribution is 2.31. The van der Waals surface area contributed by atoms with Gasteiger partial charge in [-0.05, 0) is 31.2 Å². The van der Waals surface area contributed by atoms with E-state index in [1.165, 1.54) is 6.08 Å². The largest absolute Gasteiger partial charge is 0.322 e. The summed E-state index contributed by atoms with van der Waals surface area (Å²) in [5.41, 5.74) is 2.76. The average Bonchev–Trinajstić information content (AvgIpc) is 2.99. The van der Waals surface area contributed by atoms with Gasteiger partial charge in [0.2, 0.25) is 5.91 Å². The molecule has 2 aromatic carbocycles. The number of rotatable bonds is 4. The van der Waals surface area contributed by atoms with Gasteiger partial charge < -0.3 is 5.32 Å². The standard InChI is InChI=1S/C19H16N2OS/c1-2-3-4-12-18(22)20-15-9-7-8-14(13-15)19-21-16-10-5-6-11-17(16)23-19/h2-13H,1H3,(H,20,22)/b3-2+,12-4+. The molecular formula is C19H16N2OS. The van der Waals surface area contributed by atoms with Crippen LogP contribution in [-0.4, -0.2) is 10.9 Å². The average molecular weight is 320 g/mol. The number of anilines is 1. The van der Waals surface area contributed by atoms with E-state index in [1.54, 1.807) is 17.4 Å². The van der Waals surface area contributed by atoms with E-state index in [9.17, 15) is 4.79 Å². The number of carbonyl (C=O) groups is 1. The summed E-state index contributed by atoms with van der Waals surface area (Å²) in [4.78, 5) is 16.5. The van der Waals surface area contributed by atoms with Crippen LogP contribution in [-0.2, 0) is 4.79 Å². The summed E-state index contributed by atoms with van der Waals surface area (Å²) in [6, 6.07) is 15.8. The highest BCUT2D eigenvalue weighted by Gasteiger charge is 2.07. The molecule has 3 rings (SSSR count). The van der Waals surface area contributed by atoms with Gasteiger partial charge in [0.05, 0.1) is 10.2 Å². The van der Waals surface area contributed by atoms with Gasteiger partial charge in [-0.3, -0.25) is 4.79 Å². The molecule has 0 unspecified atom stereocenters. The summed E-state index contributed by atoms with van der Waals surface area (Å²) in [5, 5.41) is 3.81. The zero-order valence-corrected chi connectivity index (χ0v) is 13.5. The molecule has 0 radical (unpaired) electrons. The Balaban J connectivity index is 1.83. The molecule has 0 aliphatic rings. The molecule has 3 nitrogen and oxygen atoms in total. The second kappa shape index (κ2) is 7.03. The van der Waals surface area contributed by atoms with Crippen molar-refractivity contribution in [3.63, 3.8) is 0 Å². The molecule has 3 aromatic rings. The third-order valence-corrected chi connectivity index (χ3v) is 4.31. The van der Waals surface area contributed by atoms with Gasteiger partial charge >= 0.3 is 0 Å². The Kier molecular flexibility index (Phi) is 4.64. The van der Waals surface area contributed by atoms with Crippen LogP contribution < -0.4 is 5.32 Å². The van der Waals surface area contributed by atoms with Crippen molar-refractivity contribution < 1.29 is 4.79 Å². The molecule has 0 fully saturated rings. The van der Waals surface area contributed by atoms with Crippen molar-refractivity contribution in [1.82, 2.24) is 4.98 Å². The molecule has 114 valence electrons. The fraction of sp³-hybridized carbons (Fsp3) is 0.0526. The first-order valence-corrected chi connectivity index (χ1v) is 8.14. The van der Waals surface area contributed by atoms with Crippen molar-refractivity contribution >= 4 is 33.1 Å². The molecule has 0 saturated carbocycles. The van der Waals surface area contributed by atoms with Gasteiger partial charge in [-0.15, -0.1) is 11.3 Å². The van der Waals surface area contributed by atoms with Gasteiger partial charge in [-0.25, -0.2) is 4.98 Å². The molecule has 1 N–H and O–H groups in total. The fourth-order valence-corrected chi connectivity index (χ4v) is 3.13. The summed E-state index contributed by atoms with van der Waals surface area (Å²) < 4.78 is 1.16. The number of nitrogens with zero attached hydrogens (tertiary/aromatic N) is 1. The Morgan fingerprint density at radius 2 is 2.00 bits per heavy atom. The SMILES string of the molecule is C/C=C/C=C/C(=O)Nc1cccc(-c2nc3ccccc3s2)c1. The number of nitrogens with one attached hydrogen (secondary N) is 1. The van der Waals surface area contributed by atoms with Crippen LogP contribution in [0.15, 0.2) is 72.8 Å². The summed E-state index contributed by atoms with van der Waals surface area (Å²) in [5.74, 6) is -0.149. The number of hydrogen-bond donors (Lipinski definition) is 1. The first-order chi connectivity index (χ1) is 11.3. The van der Waals surface area contributed by atoms with E-state index in [-0.39, 0.29) is 5.91 Å². The Morgan fingerprint density at radius 3 is 2.83 bits per heavy atom. The Labute approximate surface area is 139 Å². The van der Waals surface area contributed by atoms with Crippen LogP contribution in [0.3, 0.4) is 0 Å². The maximum atomic E-state index is 11.8. The lowest BCUT2D eigenvalue weighted by molar-refractivity contribution is -0.111. The predicted molar refractivity (Wildman–Crippen MR) is 97.6 cm³/mol. The van der Waals surface area contributed by atoms with Crippen molar-refractivity contribution in [3.05, 3.63) is 72.8 Å². The molecule has 4 heteroatoms. The number of thiazole rings is 1. The molecule has 0 spiro atoms. The predicted octanol–water partition coefficient (Wildman–Crippen LogP) is 5.03. The molecule has 0 bridgehead atoms. The quantitative estimate of drug-likeness (QED) is 0.541. The van der Waals surface area contributed by atoms with E-state index in [0.717, 1.165) is 26.5 Å². The smallest absolute Gasteiger partial charge is 0.248 e. The lowest BCUT2D eigenvalue weighted by atomic mass is 10.2. The van der Waals surface area contributed by atoms with E-state index >= 15 is 0 Å². The van der Waals surface area contributed by atoms with E-state index in [0.29, 0.717) is 0 Å². The molecule has 1 aromatic heterocycles. The third kappa shape index (κ3) is 3.73. The second-order valence-electron chi connectivity index (χ2n) is 4.94. The van der Waals surface area contributed by atoms with E-state index in [4.69, 9.17) is 0 Å². The van der Waals surface area contributed by atoms with Crippen LogP contribution in [0.2, 0.25) is 0 Å². The van der Waals surface area contributed by atoms with Crippen molar-refractivity contribution in [1.29, 1.82) is 0 Å². The first-order valence-electron chi connectivity index (χ1n) is 7.32. The van der Waals surface area contributed by atoms with Crippen LogP contribution >= 0.6 is 11.3 Å². The summed E-state index contributed by atoms with van der Waals surface area (Å²) in [7, 11) is 0. The molecule has 0 atom stereocenters. The molecule has 0 saturated heterocycles. The zero-order chi connectivity index (χ0) is 16.1. The molecular weight excluding hydrogens is 304 g/mol. The number of allylic oxidation sites excluding steroid dienone is 3. The third-order valence-electron chi connectivity index (χ3n) is 3.22. The normalized spacial score (nSPS) is 11.5. The minimum atomic E-state index is -0.149. The number of fused-ring (bicyclic) bond motifs is 1. The van der Waals surface area contributed by atoms with Gasteiger partial charge in [-0.2, -0.15) is 0 Å². The van der Waals surface area contributed by atoms with Crippen LogP contribution in [0, 0.1) is 0 Å². The molecule has 1 heterocycles. The minimum absolute atomic E-state index is 0.149. The summed E-state index contributed by atoms with van der Waals surface area (Å²) >= 11 is 1.65. The van der Waals surface area contributed by atoms with Crippen molar-refractivity contribution in [2.45, 2.75) is 6.92 Å². The van der Waals surface area contributed by atoms with Gasteiger partial charge in [-0.1, -0.05) is 42.5 Å². The number of benzene rings is 2. The monoisotopic (exact) mass is 320 g/mol. The van der Waals surface area contributed by atoms with Crippen LogP contribution in [0.1, 0.15) is 6.92 Å². The van der Waals surface area contributed by atoms with Crippen LogP contribution in [0.4, 0.5) is 5.69 Å². The van der Waals surface area contributed by atoms with Crippen molar-refractivity contribution in [2.24, 2.45) is 0 Å². The van der Waals surface area contributed by atoms with E-state index in [2.05, 4.69) is 16.4 Å². The van der Waals surface area contributed by atoms with Gasteiger partial charge in [0.25, 0.3) is 0 Å². The van der Waals surface area contributed by atoms with Crippen molar-refractivity contribution in [3.8, 4) is 10.6 Å². The van der Waals surface area contributed by atoms with Crippen molar-refractivity contribution in [2.75, 3.05) is 5.32 Å². The van der Waals surface area contributed by atoms with Gasteiger partial charge in [0, 0.05) is 17.3 Å². The van der Waals surface area contributed by atoms with Gasteiger partial charge in [0.1, 0.15) is 5.01 Å².